The standard InChI is InChI=1S/C5H10INO/c1-5(2,3-6)4(7)8/h3H2,1-2H3,(H2,7,8). The van der Waals surface area contributed by atoms with Crippen LogP contribution in [0.4, 0.5) is 0 Å². The van der Waals surface area contributed by atoms with Gasteiger partial charge >= 0.3 is 0 Å². The Hall–Kier alpha value is 0.200. The van der Waals surface area contributed by atoms with Crippen LogP contribution in [0.5, 0.6) is 0 Å². The molecule has 0 aliphatic carbocycles. The molecule has 48 valence electrons. The van der Waals surface area contributed by atoms with Crippen LogP contribution in [0, 0.1) is 5.41 Å². The van der Waals surface area contributed by atoms with Crippen LogP contribution in [-0.4, -0.2) is 10.3 Å². The summed E-state index contributed by atoms with van der Waals surface area (Å²) in [6.07, 6.45) is 0. The molecular weight excluding hydrogens is 217 g/mol. The first kappa shape index (κ1) is 8.20. The summed E-state index contributed by atoms with van der Waals surface area (Å²) in [5.41, 5.74) is 4.70. The van der Waals surface area contributed by atoms with E-state index in [0.717, 1.165) is 4.43 Å². The first-order valence-electron chi connectivity index (χ1n) is 2.36. The minimum absolute atomic E-state index is 0.230. The highest BCUT2D eigenvalue weighted by molar-refractivity contribution is 14.1. The van der Waals surface area contributed by atoms with Gasteiger partial charge < -0.3 is 5.73 Å². The zero-order chi connectivity index (χ0) is 6.78. The summed E-state index contributed by atoms with van der Waals surface area (Å²) in [5.74, 6) is -0.230. The maximum Gasteiger partial charge on any atom is 0.223 e. The van der Waals surface area contributed by atoms with Gasteiger partial charge in [-0.2, -0.15) is 0 Å². The SMILES string of the molecule is CC(C)(CI)C(N)=O. The summed E-state index contributed by atoms with van der Waals surface area (Å²) in [6.45, 7) is 3.67. The molecule has 0 spiro atoms. The third kappa shape index (κ3) is 1.98. The van der Waals surface area contributed by atoms with Gasteiger partial charge in [0, 0.05) is 4.43 Å². The molecule has 0 bridgehead atoms. The lowest BCUT2D eigenvalue weighted by atomic mass is 9.96. The lowest BCUT2D eigenvalue weighted by Gasteiger charge is -2.15. The van der Waals surface area contributed by atoms with E-state index in [0.29, 0.717) is 0 Å². The Morgan fingerprint density at radius 2 is 2.12 bits per heavy atom. The number of hydrogen-bond acceptors (Lipinski definition) is 1. The van der Waals surface area contributed by atoms with Crippen molar-refractivity contribution in [1.29, 1.82) is 0 Å². The molecule has 0 aliphatic rings. The molecule has 0 atom stereocenters. The lowest BCUT2D eigenvalue weighted by molar-refractivity contribution is -0.124. The highest BCUT2D eigenvalue weighted by Gasteiger charge is 2.22. The molecule has 0 aromatic carbocycles. The molecule has 0 saturated carbocycles. The maximum absolute atomic E-state index is 10.5. The number of alkyl halides is 1. The van der Waals surface area contributed by atoms with Gasteiger partial charge in [0.15, 0.2) is 0 Å². The summed E-state index contributed by atoms with van der Waals surface area (Å²) >= 11 is 2.14. The number of primary amides is 1. The summed E-state index contributed by atoms with van der Waals surface area (Å²) in [5, 5.41) is 0. The van der Waals surface area contributed by atoms with Crippen LogP contribution in [0.2, 0.25) is 0 Å². The van der Waals surface area contributed by atoms with Crippen LogP contribution in [-0.2, 0) is 4.79 Å². The fourth-order valence-corrected chi connectivity index (χ4v) is 0.442. The van der Waals surface area contributed by atoms with Gasteiger partial charge in [0.2, 0.25) is 5.91 Å². The van der Waals surface area contributed by atoms with Crippen molar-refractivity contribution in [1.82, 2.24) is 0 Å². The van der Waals surface area contributed by atoms with E-state index < -0.39 is 0 Å². The Kier molecular flexibility index (Phi) is 2.73. The maximum atomic E-state index is 10.5. The lowest BCUT2D eigenvalue weighted by Crippen LogP contribution is -2.32. The number of carbonyl (C=O) groups excluding carboxylic acids is 1. The summed E-state index contributed by atoms with van der Waals surface area (Å²) in [4.78, 5) is 10.5. The Labute approximate surface area is 63.0 Å². The predicted octanol–water partition coefficient (Wildman–Crippen LogP) is 0.933. The second-order valence-corrected chi connectivity index (χ2v) is 3.14. The number of amides is 1. The van der Waals surface area contributed by atoms with Gasteiger partial charge in [0.1, 0.15) is 0 Å². The number of rotatable bonds is 2. The Balaban J connectivity index is 3.91. The largest absolute Gasteiger partial charge is 0.369 e. The van der Waals surface area contributed by atoms with Crippen molar-refractivity contribution in [3.8, 4) is 0 Å². The van der Waals surface area contributed by atoms with Crippen LogP contribution in [0.1, 0.15) is 13.8 Å². The molecule has 0 rings (SSSR count). The molecule has 0 aromatic heterocycles. The van der Waals surface area contributed by atoms with Gasteiger partial charge in [-0.3, -0.25) is 4.79 Å². The van der Waals surface area contributed by atoms with Gasteiger partial charge in [0.05, 0.1) is 5.41 Å². The van der Waals surface area contributed by atoms with Crippen molar-refractivity contribution in [3.63, 3.8) is 0 Å². The van der Waals surface area contributed by atoms with Crippen LogP contribution in [0.15, 0.2) is 0 Å². The van der Waals surface area contributed by atoms with E-state index in [1.807, 2.05) is 13.8 Å². The molecule has 0 radical (unpaired) electrons. The van der Waals surface area contributed by atoms with Crippen molar-refractivity contribution >= 4 is 28.5 Å². The molecule has 0 saturated heterocycles. The first-order valence-corrected chi connectivity index (χ1v) is 3.89. The van der Waals surface area contributed by atoms with Crippen LogP contribution < -0.4 is 5.73 Å². The fourth-order valence-electron chi connectivity index (χ4n) is 0.0659. The topological polar surface area (TPSA) is 43.1 Å². The number of carbonyl (C=O) groups is 1. The molecule has 0 fully saturated rings. The first-order chi connectivity index (χ1) is 3.50. The average Bonchev–Trinajstić information content (AvgIpc) is 1.67. The van der Waals surface area contributed by atoms with Gasteiger partial charge in [-0.05, 0) is 0 Å². The summed E-state index contributed by atoms with van der Waals surface area (Å²) in [6, 6.07) is 0. The van der Waals surface area contributed by atoms with Crippen molar-refractivity contribution in [2.75, 3.05) is 4.43 Å². The van der Waals surface area contributed by atoms with Gasteiger partial charge in [0.25, 0.3) is 0 Å². The molecule has 2 N–H and O–H groups in total. The molecule has 3 heteroatoms. The highest BCUT2D eigenvalue weighted by atomic mass is 127. The quantitative estimate of drug-likeness (QED) is 0.553. The smallest absolute Gasteiger partial charge is 0.223 e. The summed E-state index contributed by atoms with van der Waals surface area (Å²) < 4.78 is 0.778. The van der Waals surface area contributed by atoms with E-state index in [4.69, 9.17) is 5.73 Å². The monoisotopic (exact) mass is 227 g/mol. The molecule has 1 amide bonds. The van der Waals surface area contributed by atoms with Crippen molar-refractivity contribution in [2.24, 2.45) is 11.1 Å². The fraction of sp³-hybridized carbons (Fsp3) is 0.800. The zero-order valence-corrected chi connectivity index (χ0v) is 7.23. The molecule has 8 heavy (non-hydrogen) atoms. The predicted molar refractivity (Wildman–Crippen MR) is 41.9 cm³/mol. The van der Waals surface area contributed by atoms with Crippen molar-refractivity contribution in [3.05, 3.63) is 0 Å². The van der Waals surface area contributed by atoms with E-state index in [-0.39, 0.29) is 11.3 Å². The minimum atomic E-state index is -0.333. The van der Waals surface area contributed by atoms with Crippen LogP contribution in [0.3, 0.4) is 0 Å². The van der Waals surface area contributed by atoms with Gasteiger partial charge in [-0.1, -0.05) is 36.4 Å². The zero-order valence-electron chi connectivity index (χ0n) is 5.07. The second-order valence-electron chi connectivity index (χ2n) is 2.38. The molecule has 2 nitrogen and oxygen atoms in total. The Morgan fingerprint density at radius 1 is 1.75 bits per heavy atom. The number of nitrogens with two attached hydrogens (primary N) is 1. The minimum Gasteiger partial charge on any atom is -0.369 e. The van der Waals surface area contributed by atoms with E-state index >= 15 is 0 Å². The molecular formula is C5H10INO. The normalized spacial score (nSPS) is 11.4. The van der Waals surface area contributed by atoms with Gasteiger partial charge in [-0.25, -0.2) is 0 Å². The molecule has 0 aromatic rings. The van der Waals surface area contributed by atoms with Crippen molar-refractivity contribution in [2.45, 2.75) is 13.8 Å². The van der Waals surface area contributed by atoms with E-state index in [9.17, 15) is 4.79 Å². The Bertz CT molecular complexity index is 101. The van der Waals surface area contributed by atoms with E-state index in [1.165, 1.54) is 0 Å². The number of hydrogen-bond donors (Lipinski definition) is 1. The third-order valence-corrected chi connectivity index (χ3v) is 2.91. The molecule has 0 unspecified atom stereocenters. The second kappa shape index (κ2) is 2.66. The van der Waals surface area contributed by atoms with Crippen LogP contribution in [0.25, 0.3) is 0 Å². The Morgan fingerprint density at radius 3 is 2.12 bits per heavy atom. The van der Waals surface area contributed by atoms with E-state index in [2.05, 4.69) is 22.6 Å². The van der Waals surface area contributed by atoms with Crippen LogP contribution >= 0.6 is 22.6 Å². The van der Waals surface area contributed by atoms with Gasteiger partial charge in [-0.15, -0.1) is 0 Å². The summed E-state index contributed by atoms with van der Waals surface area (Å²) in [7, 11) is 0. The average molecular weight is 227 g/mol. The third-order valence-electron chi connectivity index (χ3n) is 1.00. The van der Waals surface area contributed by atoms with E-state index in [1.54, 1.807) is 0 Å². The number of halogens is 1. The van der Waals surface area contributed by atoms with Crippen molar-refractivity contribution < 1.29 is 4.79 Å². The molecule has 0 heterocycles. The molecule has 0 aliphatic heterocycles. The highest BCUT2D eigenvalue weighted by Crippen LogP contribution is 2.16.